The van der Waals surface area contributed by atoms with E-state index in [-0.39, 0.29) is 36.7 Å². The molecular formula is C22H31N3O4. The van der Waals surface area contributed by atoms with Crippen LogP contribution in [0.2, 0.25) is 0 Å². The van der Waals surface area contributed by atoms with E-state index in [0.717, 1.165) is 64.7 Å². The van der Waals surface area contributed by atoms with Gasteiger partial charge in [-0.3, -0.25) is 19.0 Å². The molecule has 3 fully saturated rings. The largest absolute Gasteiger partial charge is 0.465 e. The first kappa shape index (κ1) is 20.1. The van der Waals surface area contributed by atoms with E-state index in [4.69, 9.17) is 4.74 Å². The summed E-state index contributed by atoms with van der Waals surface area (Å²) in [5.74, 6) is 0.0648. The average Bonchev–Trinajstić information content (AvgIpc) is 3.39. The molecule has 0 aliphatic carbocycles. The second kappa shape index (κ2) is 9.11. The summed E-state index contributed by atoms with van der Waals surface area (Å²) in [6.07, 6.45) is 8.68. The lowest BCUT2D eigenvalue weighted by Crippen LogP contribution is -2.36. The Labute approximate surface area is 171 Å². The third kappa shape index (κ3) is 4.55. The number of nitrogens with one attached hydrogen (secondary N) is 1. The first-order valence-corrected chi connectivity index (χ1v) is 11.0. The quantitative estimate of drug-likeness (QED) is 0.767. The number of carbonyl (C=O) groups is 3. The van der Waals surface area contributed by atoms with Crippen molar-refractivity contribution in [2.75, 3.05) is 32.8 Å². The smallest absolute Gasteiger partial charge is 0.306 e. The van der Waals surface area contributed by atoms with E-state index in [0.29, 0.717) is 23.6 Å². The Balaban J connectivity index is 1.54. The summed E-state index contributed by atoms with van der Waals surface area (Å²) in [4.78, 5) is 39.8. The number of hydrogen-bond acceptors (Lipinski definition) is 5. The molecule has 1 amide bonds. The van der Waals surface area contributed by atoms with Crippen molar-refractivity contribution in [1.29, 1.82) is 0 Å². The highest BCUT2D eigenvalue weighted by Crippen LogP contribution is 2.31. The number of cyclic esters (lactones) is 1. The van der Waals surface area contributed by atoms with Gasteiger partial charge in [-0.2, -0.15) is 0 Å². The zero-order valence-electron chi connectivity index (χ0n) is 17.0. The van der Waals surface area contributed by atoms with Crippen LogP contribution in [0, 0.1) is 5.92 Å². The molecule has 3 saturated heterocycles. The summed E-state index contributed by atoms with van der Waals surface area (Å²) in [6, 6.07) is 1.76. The molecule has 1 N–H and O–H groups in total. The monoisotopic (exact) mass is 401 g/mol. The first-order valence-electron chi connectivity index (χ1n) is 11.0. The highest BCUT2D eigenvalue weighted by atomic mass is 16.5. The number of nitrogens with zero attached hydrogens (tertiary/aromatic N) is 2. The number of ether oxygens (including phenoxy) is 1. The molecule has 1 unspecified atom stereocenters. The number of piperidine rings is 2. The van der Waals surface area contributed by atoms with Crippen LogP contribution >= 0.6 is 0 Å². The van der Waals surface area contributed by atoms with Crippen molar-refractivity contribution in [2.45, 2.75) is 57.3 Å². The molecule has 29 heavy (non-hydrogen) atoms. The van der Waals surface area contributed by atoms with Gasteiger partial charge in [0.25, 0.3) is 5.91 Å². The highest BCUT2D eigenvalue weighted by molar-refractivity contribution is 5.97. The van der Waals surface area contributed by atoms with E-state index in [1.54, 1.807) is 16.8 Å². The molecule has 1 aromatic heterocycles. The van der Waals surface area contributed by atoms with Gasteiger partial charge in [-0.25, -0.2) is 0 Å². The van der Waals surface area contributed by atoms with Crippen LogP contribution in [-0.4, -0.2) is 60.0 Å². The van der Waals surface area contributed by atoms with Gasteiger partial charge in [0.2, 0.25) is 5.91 Å². The number of carbonyl (C=O) groups excluding carboxylic acids is 3. The van der Waals surface area contributed by atoms with Crippen LogP contribution in [0.5, 0.6) is 0 Å². The molecular weight excluding hydrogens is 370 g/mol. The normalized spacial score (nSPS) is 23.2. The van der Waals surface area contributed by atoms with Gasteiger partial charge in [0.05, 0.1) is 12.0 Å². The van der Waals surface area contributed by atoms with Crippen molar-refractivity contribution in [3.8, 4) is 0 Å². The van der Waals surface area contributed by atoms with Crippen molar-refractivity contribution in [3.05, 3.63) is 23.5 Å². The third-order valence-electron chi connectivity index (χ3n) is 6.54. The fraction of sp³-hybridized carbons (Fsp3) is 0.682. The molecule has 4 rings (SSSR count). The molecule has 0 aromatic carbocycles. The van der Waals surface area contributed by atoms with Crippen LogP contribution in [0.1, 0.15) is 78.1 Å². The van der Waals surface area contributed by atoms with Crippen LogP contribution in [0.25, 0.3) is 0 Å². The second-order valence-corrected chi connectivity index (χ2v) is 8.55. The fourth-order valence-corrected chi connectivity index (χ4v) is 4.83. The Morgan fingerprint density at radius 3 is 2.59 bits per heavy atom. The molecule has 0 bridgehead atoms. The number of aromatic nitrogens is 1. The van der Waals surface area contributed by atoms with Crippen molar-refractivity contribution in [2.24, 2.45) is 5.92 Å². The van der Waals surface area contributed by atoms with Gasteiger partial charge in [0, 0.05) is 37.3 Å². The van der Waals surface area contributed by atoms with E-state index in [1.165, 1.54) is 0 Å². The summed E-state index contributed by atoms with van der Waals surface area (Å²) < 4.78 is 6.79. The maximum Gasteiger partial charge on any atom is 0.306 e. The van der Waals surface area contributed by atoms with Gasteiger partial charge in [0.15, 0.2) is 0 Å². The molecule has 0 saturated carbocycles. The molecule has 7 nitrogen and oxygen atoms in total. The Hall–Kier alpha value is -2.15. The minimum Gasteiger partial charge on any atom is -0.465 e. The van der Waals surface area contributed by atoms with E-state index < -0.39 is 0 Å². The van der Waals surface area contributed by atoms with Crippen molar-refractivity contribution < 1.29 is 19.1 Å². The Kier molecular flexibility index (Phi) is 6.33. The predicted octanol–water partition coefficient (Wildman–Crippen LogP) is 2.56. The van der Waals surface area contributed by atoms with E-state index >= 15 is 0 Å². The topological polar surface area (TPSA) is 80.6 Å². The maximum absolute atomic E-state index is 13.2. The first-order chi connectivity index (χ1) is 14.1. The van der Waals surface area contributed by atoms with Crippen molar-refractivity contribution in [3.63, 3.8) is 0 Å². The summed E-state index contributed by atoms with van der Waals surface area (Å²) in [6.45, 7) is 3.79. The number of rotatable bonds is 5. The molecule has 3 aliphatic rings. The highest BCUT2D eigenvalue weighted by Gasteiger charge is 2.34. The van der Waals surface area contributed by atoms with Gasteiger partial charge < -0.3 is 15.0 Å². The molecule has 1 aromatic rings. The Morgan fingerprint density at radius 2 is 1.90 bits per heavy atom. The molecule has 3 aliphatic heterocycles. The van der Waals surface area contributed by atoms with Gasteiger partial charge >= 0.3 is 5.97 Å². The number of hydrogen-bond donors (Lipinski definition) is 1. The van der Waals surface area contributed by atoms with Crippen LogP contribution in [-0.2, 0) is 9.53 Å². The van der Waals surface area contributed by atoms with Crippen molar-refractivity contribution >= 4 is 17.8 Å². The Morgan fingerprint density at radius 1 is 1.14 bits per heavy atom. The summed E-state index contributed by atoms with van der Waals surface area (Å²) in [5, 5.41) is 3.35. The summed E-state index contributed by atoms with van der Waals surface area (Å²) in [5.41, 5.74) is 1.23. The van der Waals surface area contributed by atoms with E-state index in [2.05, 4.69) is 5.32 Å². The lowest BCUT2D eigenvalue weighted by molar-refractivity contribution is -0.137. The SMILES string of the molecule is O=C1CC(c2c(C(=O)N3CCCCC3)ccn2C(=O)CCC2CCNCC2)CO1. The summed E-state index contributed by atoms with van der Waals surface area (Å²) >= 11 is 0. The van der Waals surface area contributed by atoms with Crippen LogP contribution < -0.4 is 5.32 Å². The summed E-state index contributed by atoms with van der Waals surface area (Å²) in [7, 11) is 0. The fourth-order valence-electron chi connectivity index (χ4n) is 4.83. The minimum absolute atomic E-state index is 0.00979. The second-order valence-electron chi connectivity index (χ2n) is 8.55. The van der Waals surface area contributed by atoms with Gasteiger partial charge in [-0.1, -0.05) is 0 Å². The Bertz CT molecular complexity index is 760. The predicted molar refractivity (Wildman–Crippen MR) is 108 cm³/mol. The molecule has 4 heterocycles. The maximum atomic E-state index is 13.2. The molecule has 7 heteroatoms. The average molecular weight is 402 g/mol. The third-order valence-corrected chi connectivity index (χ3v) is 6.54. The zero-order valence-corrected chi connectivity index (χ0v) is 17.0. The molecule has 1 atom stereocenters. The van der Waals surface area contributed by atoms with Crippen molar-refractivity contribution in [1.82, 2.24) is 14.8 Å². The number of likely N-dealkylation sites (tertiary alicyclic amines) is 1. The molecule has 158 valence electrons. The van der Waals surface area contributed by atoms with E-state index in [1.807, 2.05) is 4.90 Å². The van der Waals surface area contributed by atoms with Gasteiger partial charge in [-0.05, 0) is 63.6 Å². The molecule has 0 radical (unpaired) electrons. The molecule has 0 spiro atoms. The zero-order chi connectivity index (χ0) is 20.2. The lowest BCUT2D eigenvalue weighted by atomic mass is 9.93. The van der Waals surface area contributed by atoms with Gasteiger partial charge in [0.1, 0.15) is 6.61 Å². The van der Waals surface area contributed by atoms with Gasteiger partial charge in [-0.15, -0.1) is 0 Å². The minimum atomic E-state index is -0.263. The van der Waals surface area contributed by atoms with E-state index in [9.17, 15) is 14.4 Å². The number of esters is 1. The lowest BCUT2D eigenvalue weighted by Gasteiger charge is -2.27. The van der Waals surface area contributed by atoms with Crippen LogP contribution in [0.4, 0.5) is 0 Å². The standard InChI is InChI=1S/C22H31N3O4/c26-19(5-4-16-6-9-23-10-7-16)25-13-8-18(21(25)17-14-20(27)29-15-17)22(28)24-11-2-1-3-12-24/h8,13,16-17,23H,1-7,9-12,14-15H2. The number of amides is 1. The van der Waals surface area contributed by atoms with Crippen LogP contribution in [0.3, 0.4) is 0 Å². The van der Waals surface area contributed by atoms with Crippen LogP contribution in [0.15, 0.2) is 12.3 Å².